The normalized spacial score (nSPS) is 11.4. The molecular formula is C17H25N5O4S. The molecule has 0 aliphatic rings. The third kappa shape index (κ3) is 6.02. The monoisotopic (exact) mass is 395 g/mol. The fourth-order valence-corrected chi connectivity index (χ4v) is 3.07. The van der Waals surface area contributed by atoms with Crippen molar-refractivity contribution in [1.29, 1.82) is 0 Å². The molecule has 0 aromatic carbocycles. The van der Waals surface area contributed by atoms with Crippen LogP contribution in [0.5, 0.6) is 0 Å². The van der Waals surface area contributed by atoms with Gasteiger partial charge in [-0.25, -0.2) is 19.1 Å². The molecule has 148 valence electrons. The second-order valence-electron chi connectivity index (χ2n) is 6.89. The first-order valence-electron chi connectivity index (χ1n) is 8.51. The third-order valence-corrected chi connectivity index (χ3v) is 4.28. The zero-order chi connectivity index (χ0) is 20.0. The smallest absolute Gasteiger partial charge is 0.410 e. The quantitative estimate of drug-likeness (QED) is 0.548. The Kier molecular flexibility index (Phi) is 6.89. The fourth-order valence-electron chi connectivity index (χ4n) is 2.50. The highest BCUT2D eigenvalue weighted by molar-refractivity contribution is 7.98. The molecule has 0 aliphatic heterocycles. The summed E-state index contributed by atoms with van der Waals surface area (Å²) < 4.78 is 7.23. The minimum Gasteiger partial charge on any atom is -0.465 e. The summed E-state index contributed by atoms with van der Waals surface area (Å²) in [5.41, 5.74) is 1.13. The number of amides is 2. The zero-order valence-electron chi connectivity index (χ0n) is 15.9. The zero-order valence-corrected chi connectivity index (χ0v) is 16.7. The number of fused-ring (bicyclic) bond motifs is 1. The van der Waals surface area contributed by atoms with Crippen molar-refractivity contribution in [3.05, 3.63) is 24.2 Å². The molecule has 2 rings (SSSR count). The van der Waals surface area contributed by atoms with Crippen molar-refractivity contribution in [2.24, 2.45) is 0 Å². The van der Waals surface area contributed by atoms with E-state index in [4.69, 9.17) is 9.84 Å². The van der Waals surface area contributed by atoms with E-state index in [1.807, 2.05) is 39.3 Å². The van der Waals surface area contributed by atoms with E-state index in [9.17, 15) is 9.59 Å². The van der Waals surface area contributed by atoms with Gasteiger partial charge in [-0.15, -0.1) is 11.8 Å². The van der Waals surface area contributed by atoms with E-state index in [0.717, 1.165) is 16.1 Å². The van der Waals surface area contributed by atoms with Gasteiger partial charge < -0.3 is 20.1 Å². The molecule has 0 radical (unpaired) electrons. The van der Waals surface area contributed by atoms with Crippen LogP contribution < -0.4 is 5.32 Å². The van der Waals surface area contributed by atoms with Crippen LogP contribution in [0.1, 0.15) is 32.8 Å². The summed E-state index contributed by atoms with van der Waals surface area (Å²) in [4.78, 5) is 29.1. The van der Waals surface area contributed by atoms with Gasteiger partial charge in [0.25, 0.3) is 0 Å². The van der Waals surface area contributed by atoms with Crippen molar-refractivity contribution in [2.45, 2.75) is 44.4 Å². The number of nitrogens with zero attached hydrogens (tertiary/aromatic N) is 4. The van der Waals surface area contributed by atoms with Crippen LogP contribution in [-0.2, 0) is 11.3 Å². The molecule has 0 bridgehead atoms. The highest BCUT2D eigenvalue weighted by Gasteiger charge is 2.23. The van der Waals surface area contributed by atoms with Crippen LogP contribution in [0.3, 0.4) is 0 Å². The average molecular weight is 395 g/mol. The SMILES string of the molecule is CSc1ncnn2ccc(CN(CCCNC(=O)O)C(=O)OC(C)(C)C)c12. The number of carbonyl (C=O) groups excluding carboxylic acids is 1. The maximum atomic E-state index is 12.6. The molecule has 2 N–H and O–H groups in total. The minimum absolute atomic E-state index is 0.254. The number of carbonyl (C=O) groups is 2. The minimum atomic E-state index is -1.08. The van der Waals surface area contributed by atoms with Crippen molar-refractivity contribution in [3.63, 3.8) is 0 Å². The Balaban J connectivity index is 2.20. The highest BCUT2D eigenvalue weighted by Crippen LogP contribution is 2.24. The van der Waals surface area contributed by atoms with Gasteiger partial charge in [0.15, 0.2) is 0 Å². The van der Waals surface area contributed by atoms with E-state index < -0.39 is 17.8 Å². The van der Waals surface area contributed by atoms with Crippen LogP contribution in [0.15, 0.2) is 23.6 Å². The van der Waals surface area contributed by atoms with Gasteiger partial charge in [0.2, 0.25) is 0 Å². The third-order valence-electron chi connectivity index (χ3n) is 3.59. The Hall–Kier alpha value is -2.49. The topological polar surface area (TPSA) is 109 Å². The highest BCUT2D eigenvalue weighted by atomic mass is 32.2. The van der Waals surface area contributed by atoms with E-state index in [2.05, 4.69) is 15.4 Å². The summed E-state index contributed by atoms with van der Waals surface area (Å²) >= 11 is 1.51. The molecule has 27 heavy (non-hydrogen) atoms. The molecular weight excluding hydrogens is 370 g/mol. The number of thioether (sulfide) groups is 1. The largest absolute Gasteiger partial charge is 0.465 e. The predicted octanol–water partition coefficient (Wildman–Crippen LogP) is 2.85. The van der Waals surface area contributed by atoms with Gasteiger partial charge in [-0.05, 0) is 39.5 Å². The lowest BCUT2D eigenvalue weighted by Gasteiger charge is -2.27. The molecule has 2 aromatic heterocycles. The van der Waals surface area contributed by atoms with Crippen LogP contribution in [0.2, 0.25) is 0 Å². The van der Waals surface area contributed by atoms with E-state index >= 15 is 0 Å². The molecule has 0 saturated carbocycles. The second-order valence-corrected chi connectivity index (χ2v) is 7.69. The molecule has 0 unspecified atom stereocenters. The first kappa shape index (κ1) is 20.8. The van der Waals surface area contributed by atoms with E-state index in [0.29, 0.717) is 19.5 Å². The Morgan fingerprint density at radius 2 is 2.15 bits per heavy atom. The molecule has 2 heterocycles. The molecule has 0 atom stereocenters. The molecule has 0 saturated heterocycles. The molecule has 10 heteroatoms. The van der Waals surface area contributed by atoms with Gasteiger partial charge >= 0.3 is 12.2 Å². The van der Waals surface area contributed by atoms with Crippen LogP contribution in [0.25, 0.3) is 5.52 Å². The Labute approximate surface area is 162 Å². The molecule has 9 nitrogen and oxygen atoms in total. The number of rotatable bonds is 7. The van der Waals surface area contributed by atoms with Crippen molar-refractivity contribution in [2.75, 3.05) is 19.3 Å². The van der Waals surface area contributed by atoms with Gasteiger partial charge in [0, 0.05) is 24.8 Å². The molecule has 0 aliphatic carbocycles. The van der Waals surface area contributed by atoms with Gasteiger partial charge in [-0.2, -0.15) is 5.10 Å². The summed E-state index contributed by atoms with van der Waals surface area (Å²) in [5.74, 6) is 0. The summed E-state index contributed by atoms with van der Waals surface area (Å²) in [6.07, 6.45) is 4.20. The molecule has 2 aromatic rings. The van der Waals surface area contributed by atoms with Gasteiger partial charge in [0.05, 0.1) is 6.54 Å². The Morgan fingerprint density at radius 1 is 1.41 bits per heavy atom. The maximum absolute atomic E-state index is 12.6. The summed E-state index contributed by atoms with van der Waals surface area (Å²) in [6.45, 7) is 6.35. The van der Waals surface area contributed by atoms with Crippen LogP contribution in [-0.4, -0.2) is 61.7 Å². The number of hydrogen-bond acceptors (Lipinski definition) is 6. The van der Waals surface area contributed by atoms with Crippen molar-refractivity contribution in [1.82, 2.24) is 24.8 Å². The lowest BCUT2D eigenvalue weighted by atomic mass is 10.2. The predicted molar refractivity (Wildman–Crippen MR) is 102 cm³/mol. The molecule has 0 spiro atoms. The lowest BCUT2D eigenvalue weighted by Crippen LogP contribution is -2.38. The molecule has 2 amide bonds. The lowest BCUT2D eigenvalue weighted by molar-refractivity contribution is 0.0233. The van der Waals surface area contributed by atoms with E-state index in [1.54, 1.807) is 9.42 Å². The maximum Gasteiger partial charge on any atom is 0.410 e. The standard InChI is InChI=1S/C17H25N5O4S/c1-17(2,3)26-16(25)21(8-5-7-18-15(23)24)10-12-6-9-22-13(12)14(27-4)19-11-20-22/h6,9,11,18H,5,7-8,10H2,1-4H3,(H,23,24). The Bertz CT molecular complexity index is 802. The van der Waals surface area contributed by atoms with Crippen LogP contribution in [0, 0.1) is 0 Å². The van der Waals surface area contributed by atoms with Crippen molar-refractivity contribution < 1.29 is 19.4 Å². The van der Waals surface area contributed by atoms with E-state index in [1.165, 1.54) is 18.1 Å². The summed E-state index contributed by atoms with van der Waals surface area (Å²) in [7, 11) is 0. The number of nitrogens with one attached hydrogen (secondary N) is 1. The van der Waals surface area contributed by atoms with Crippen LogP contribution in [0.4, 0.5) is 9.59 Å². The number of carboxylic acid groups (broad SMARTS) is 1. The fraction of sp³-hybridized carbons (Fsp3) is 0.529. The Morgan fingerprint density at radius 3 is 2.78 bits per heavy atom. The number of hydrogen-bond donors (Lipinski definition) is 2. The van der Waals surface area contributed by atoms with Crippen molar-refractivity contribution >= 4 is 29.5 Å². The summed E-state index contributed by atoms with van der Waals surface area (Å²) in [6, 6.07) is 1.90. The number of aromatic nitrogens is 3. The van der Waals surface area contributed by atoms with Gasteiger partial charge in [-0.3, -0.25) is 0 Å². The number of ether oxygens (including phenoxy) is 1. The second kappa shape index (κ2) is 8.94. The average Bonchev–Trinajstić information content (AvgIpc) is 2.98. The summed E-state index contributed by atoms with van der Waals surface area (Å²) in [5, 5.41) is 16.0. The van der Waals surface area contributed by atoms with Crippen LogP contribution >= 0.6 is 11.8 Å². The first-order chi connectivity index (χ1) is 12.7. The van der Waals surface area contributed by atoms with Gasteiger partial charge in [-0.1, -0.05) is 0 Å². The first-order valence-corrected chi connectivity index (χ1v) is 9.73. The van der Waals surface area contributed by atoms with E-state index in [-0.39, 0.29) is 6.54 Å². The molecule has 0 fully saturated rings. The van der Waals surface area contributed by atoms with Crippen molar-refractivity contribution in [3.8, 4) is 0 Å². The van der Waals surface area contributed by atoms with Gasteiger partial charge in [0.1, 0.15) is 22.5 Å².